The molecule has 1 aliphatic heterocycles. The van der Waals surface area contributed by atoms with Gasteiger partial charge in [-0.05, 0) is 63.3 Å². The van der Waals surface area contributed by atoms with E-state index in [1.807, 2.05) is 0 Å². The van der Waals surface area contributed by atoms with Crippen molar-refractivity contribution in [1.29, 1.82) is 0 Å². The van der Waals surface area contributed by atoms with Crippen LogP contribution in [-0.4, -0.2) is 63.0 Å². The van der Waals surface area contributed by atoms with Crippen molar-refractivity contribution in [2.75, 3.05) is 6.54 Å². The molecule has 12 heteroatoms. The smallest absolute Gasteiger partial charge is 0.409 e. The standard InChI is InChI=1S/C44H61N5O7/c1-3-4-5-6-7-8-9-10-11-12-13-21-34(50)29-32(30-40(45)52)42(53)46-31(2)38(51)27-26-33-20-18-19-28-49(33)44(55)56-39-25-17-15-23-36(39)41-47-37-24-16-14-22-35(37)43(54)48-41/h14-17,22-25,31-33H,3-13,18-21,26-30H2,1-2H3,(H2,45,52)(H,46,53)(H,47,48,54)/t31-,32+,33?/m0/s1. The van der Waals surface area contributed by atoms with Crippen LogP contribution in [0.2, 0.25) is 0 Å². The van der Waals surface area contributed by atoms with E-state index >= 15 is 0 Å². The summed E-state index contributed by atoms with van der Waals surface area (Å²) in [6.07, 6.45) is 15.1. The predicted octanol–water partition coefficient (Wildman–Crippen LogP) is 7.95. The molecule has 3 atom stereocenters. The number of nitrogens with zero attached hydrogens (tertiary/aromatic N) is 2. The monoisotopic (exact) mass is 771 g/mol. The Morgan fingerprint density at radius 3 is 2.25 bits per heavy atom. The summed E-state index contributed by atoms with van der Waals surface area (Å²) in [6, 6.07) is 12.8. The second-order valence-electron chi connectivity index (χ2n) is 15.3. The molecule has 0 bridgehead atoms. The number of nitrogens with two attached hydrogens (primary N) is 1. The van der Waals surface area contributed by atoms with Gasteiger partial charge in [0.2, 0.25) is 11.8 Å². The van der Waals surface area contributed by atoms with E-state index in [2.05, 4.69) is 22.2 Å². The van der Waals surface area contributed by atoms with Gasteiger partial charge in [0.25, 0.3) is 5.56 Å². The number of carbonyl (C=O) groups excluding carboxylic acids is 5. The number of ether oxygens (including phenoxy) is 1. The number of aromatic amines is 1. The summed E-state index contributed by atoms with van der Waals surface area (Å²) in [5, 5.41) is 3.16. The maximum Gasteiger partial charge on any atom is 0.415 e. The van der Waals surface area contributed by atoms with Crippen LogP contribution in [-0.2, 0) is 19.2 Å². The predicted molar refractivity (Wildman–Crippen MR) is 218 cm³/mol. The molecule has 1 saturated heterocycles. The quantitative estimate of drug-likeness (QED) is 0.0767. The topological polar surface area (TPSA) is 182 Å². The van der Waals surface area contributed by atoms with Gasteiger partial charge in [0.1, 0.15) is 17.4 Å². The fourth-order valence-corrected chi connectivity index (χ4v) is 7.46. The van der Waals surface area contributed by atoms with E-state index in [0.717, 1.165) is 38.5 Å². The lowest BCUT2D eigenvalue weighted by atomic mass is 9.93. The van der Waals surface area contributed by atoms with E-state index in [9.17, 15) is 28.8 Å². The van der Waals surface area contributed by atoms with E-state index in [-0.39, 0.29) is 54.0 Å². The summed E-state index contributed by atoms with van der Waals surface area (Å²) in [7, 11) is 0. The number of amides is 3. The Hall–Kier alpha value is -4.87. The molecule has 0 saturated carbocycles. The van der Waals surface area contributed by atoms with E-state index < -0.39 is 29.9 Å². The molecular weight excluding hydrogens is 711 g/mol. The molecule has 56 heavy (non-hydrogen) atoms. The largest absolute Gasteiger partial charge is 0.415 e. The molecule has 0 radical (unpaired) electrons. The SMILES string of the molecule is CCCCCCCCCCCCCC(=O)C[C@H](CC(N)=O)C(=O)N[C@@H](C)C(=O)CCC1CCCCN1C(=O)Oc1ccccc1-c1nc2ccccc2c(=O)[nH]1. The van der Waals surface area contributed by atoms with Crippen LogP contribution in [0.5, 0.6) is 5.75 Å². The van der Waals surface area contributed by atoms with Crippen LogP contribution in [0.3, 0.4) is 0 Å². The van der Waals surface area contributed by atoms with Gasteiger partial charge in [0.05, 0.1) is 28.4 Å². The van der Waals surface area contributed by atoms with Crippen molar-refractivity contribution in [3.8, 4) is 17.1 Å². The van der Waals surface area contributed by atoms with Crippen molar-refractivity contribution in [2.45, 2.75) is 148 Å². The van der Waals surface area contributed by atoms with Gasteiger partial charge in [-0.2, -0.15) is 0 Å². The number of hydrogen-bond donors (Lipinski definition) is 3. The molecular formula is C44H61N5O7. The first-order valence-electron chi connectivity index (χ1n) is 20.8. The zero-order valence-electron chi connectivity index (χ0n) is 33.3. The number of likely N-dealkylation sites (tertiary alicyclic amines) is 1. The number of hydrogen-bond acceptors (Lipinski definition) is 8. The fourth-order valence-electron chi connectivity index (χ4n) is 7.46. The number of nitrogens with one attached hydrogen (secondary N) is 2. The minimum absolute atomic E-state index is 0.0879. The highest BCUT2D eigenvalue weighted by Gasteiger charge is 2.31. The first-order valence-corrected chi connectivity index (χ1v) is 20.8. The van der Waals surface area contributed by atoms with Crippen molar-refractivity contribution in [1.82, 2.24) is 20.2 Å². The van der Waals surface area contributed by atoms with Gasteiger partial charge >= 0.3 is 6.09 Å². The normalized spacial score (nSPS) is 15.2. The highest BCUT2D eigenvalue weighted by atomic mass is 16.6. The Balaban J connectivity index is 1.24. The second kappa shape index (κ2) is 23.3. The molecule has 1 aliphatic rings. The van der Waals surface area contributed by atoms with Crippen LogP contribution >= 0.6 is 0 Å². The molecule has 3 amide bonds. The van der Waals surface area contributed by atoms with Crippen LogP contribution in [0.25, 0.3) is 22.3 Å². The van der Waals surface area contributed by atoms with Crippen molar-refractivity contribution >= 4 is 40.4 Å². The molecule has 304 valence electrons. The van der Waals surface area contributed by atoms with Gasteiger partial charge in [-0.25, -0.2) is 9.78 Å². The van der Waals surface area contributed by atoms with Crippen molar-refractivity contribution in [2.24, 2.45) is 11.7 Å². The Morgan fingerprint density at radius 1 is 0.875 bits per heavy atom. The zero-order valence-corrected chi connectivity index (χ0v) is 33.3. The number of piperidine rings is 1. The summed E-state index contributed by atoms with van der Waals surface area (Å²) in [6.45, 7) is 4.27. The fraction of sp³-hybridized carbons (Fsp3) is 0.568. The number of Topliss-reactive ketones (excluding diaryl/α,β-unsaturated/α-hetero) is 2. The highest BCUT2D eigenvalue weighted by molar-refractivity contribution is 5.93. The van der Waals surface area contributed by atoms with E-state index in [4.69, 9.17) is 10.5 Å². The minimum atomic E-state index is -0.933. The first-order chi connectivity index (χ1) is 27.1. The summed E-state index contributed by atoms with van der Waals surface area (Å²) < 4.78 is 5.90. The third-order valence-electron chi connectivity index (χ3n) is 10.7. The number of aromatic nitrogens is 2. The van der Waals surface area contributed by atoms with Gasteiger partial charge in [0, 0.05) is 38.3 Å². The molecule has 0 spiro atoms. The molecule has 1 unspecified atom stereocenters. The molecule has 0 aliphatic carbocycles. The Labute approximate surface area is 330 Å². The van der Waals surface area contributed by atoms with Crippen molar-refractivity contribution in [3.05, 3.63) is 58.9 Å². The van der Waals surface area contributed by atoms with Crippen LogP contribution in [0.1, 0.15) is 136 Å². The highest BCUT2D eigenvalue weighted by Crippen LogP contribution is 2.30. The molecule has 1 fully saturated rings. The van der Waals surface area contributed by atoms with Gasteiger partial charge in [-0.3, -0.25) is 24.0 Å². The van der Waals surface area contributed by atoms with Gasteiger partial charge in [0.15, 0.2) is 5.78 Å². The summed E-state index contributed by atoms with van der Waals surface area (Å²) in [5.74, 6) is -1.94. The second-order valence-corrected chi connectivity index (χ2v) is 15.3. The van der Waals surface area contributed by atoms with Gasteiger partial charge < -0.3 is 25.7 Å². The third kappa shape index (κ3) is 14.0. The molecule has 12 nitrogen and oxygen atoms in total. The van der Waals surface area contributed by atoms with E-state index in [0.29, 0.717) is 42.3 Å². The van der Waals surface area contributed by atoms with Gasteiger partial charge in [-0.15, -0.1) is 0 Å². The average Bonchev–Trinajstić information content (AvgIpc) is 3.18. The Kier molecular flexibility index (Phi) is 18.2. The van der Waals surface area contributed by atoms with E-state index in [1.165, 1.54) is 44.9 Å². The van der Waals surface area contributed by atoms with Crippen molar-refractivity contribution in [3.63, 3.8) is 0 Å². The third-order valence-corrected chi connectivity index (χ3v) is 10.7. The Bertz CT molecular complexity index is 1820. The van der Waals surface area contributed by atoms with Crippen molar-refractivity contribution < 1.29 is 28.7 Å². The number of H-pyrrole nitrogens is 1. The number of primary amides is 1. The maximum atomic E-state index is 13.6. The van der Waals surface area contributed by atoms with Crippen LogP contribution in [0, 0.1) is 5.92 Å². The van der Waals surface area contributed by atoms with Crippen LogP contribution in [0.4, 0.5) is 4.79 Å². The first kappa shape index (κ1) is 43.9. The number of fused-ring (bicyclic) bond motifs is 1. The lowest BCUT2D eigenvalue weighted by Crippen LogP contribution is -2.46. The number of para-hydroxylation sites is 2. The number of rotatable bonds is 24. The Morgan fingerprint density at radius 2 is 1.54 bits per heavy atom. The zero-order chi connectivity index (χ0) is 40.3. The van der Waals surface area contributed by atoms with E-state index in [1.54, 1.807) is 60.4 Å². The minimum Gasteiger partial charge on any atom is -0.409 e. The molecule has 1 aromatic heterocycles. The maximum absolute atomic E-state index is 13.6. The average molecular weight is 772 g/mol. The summed E-state index contributed by atoms with van der Waals surface area (Å²) in [5.41, 5.74) is 6.11. The molecule has 3 aromatic rings. The molecule has 4 N–H and O–H groups in total. The summed E-state index contributed by atoms with van der Waals surface area (Å²) in [4.78, 5) is 86.4. The van der Waals surface area contributed by atoms with Crippen LogP contribution < -0.4 is 21.3 Å². The molecule has 2 aromatic carbocycles. The lowest BCUT2D eigenvalue weighted by molar-refractivity contribution is -0.134. The number of unbranched alkanes of at least 4 members (excludes halogenated alkanes) is 10. The number of carbonyl (C=O) groups is 5. The van der Waals surface area contributed by atoms with Crippen LogP contribution in [0.15, 0.2) is 53.3 Å². The molecule has 2 heterocycles. The number of benzene rings is 2. The lowest BCUT2D eigenvalue weighted by Gasteiger charge is -2.35. The molecule has 4 rings (SSSR count). The summed E-state index contributed by atoms with van der Waals surface area (Å²) >= 11 is 0. The van der Waals surface area contributed by atoms with Gasteiger partial charge in [-0.1, -0.05) is 95.4 Å². The number of ketones is 2.